The van der Waals surface area contributed by atoms with Gasteiger partial charge < -0.3 is 0 Å². The molecule has 1 aromatic rings. The minimum absolute atomic E-state index is 0.437. The second-order valence-corrected chi connectivity index (χ2v) is 5.05. The Morgan fingerprint density at radius 3 is 2.42 bits per heavy atom. The highest BCUT2D eigenvalue weighted by atomic mass is 16.8. The third kappa shape index (κ3) is 2.32. The largest absolute Gasteiger partial charge is 0.135 e. The van der Waals surface area contributed by atoms with E-state index in [1.165, 1.54) is 12.1 Å². The quantitative estimate of drug-likeness (QED) is 0.583. The lowest BCUT2D eigenvalue weighted by molar-refractivity contribution is -0.266. The van der Waals surface area contributed by atoms with Gasteiger partial charge in [0.2, 0.25) is 0 Å². The maximum atomic E-state index is 13.6. The van der Waals surface area contributed by atoms with Crippen molar-refractivity contribution in [3.63, 3.8) is 0 Å². The zero-order chi connectivity index (χ0) is 24.3. The van der Waals surface area contributed by atoms with Gasteiger partial charge in [-0.1, -0.05) is 38.0 Å². The molecule has 2 nitrogen and oxygen atoms in total. The first-order valence-electron chi connectivity index (χ1n) is 12.4. The van der Waals surface area contributed by atoms with Gasteiger partial charge in [-0.05, 0) is 56.9 Å². The van der Waals surface area contributed by atoms with E-state index in [0.29, 0.717) is 18.4 Å². The fourth-order valence-corrected chi connectivity index (χ4v) is 2.41. The SMILES string of the molecule is [2H]C([2H])([2H])C1(C([2H])([2H])[2H])c2ccc(CCCCC)cc2C(C([2H])([2H])[2H])(C([2H])([2H])[2H])[15N]1[O]. The van der Waals surface area contributed by atoms with Gasteiger partial charge in [0.15, 0.2) is 0 Å². The van der Waals surface area contributed by atoms with Crippen LogP contribution in [0.5, 0.6) is 0 Å². The van der Waals surface area contributed by atoms with E-state index in [2.05, 4.69) is 0 Å². The summed E-state index contributed by atoms with van der Waals surface area (Å²) in [7, 11) is 0. The Balaban J connectivity index is 3.03. The standard InChI is InChI=1S/C17H26NO/c1-6-7-8-9-13-10-11-14-15(12-13)17(4,5)18(19)16(14,2)3/h10-12H,6-9H2,1-5H3/i2D3,3D3,4D3,5D3,18+1. The molecule has 0 fully saturated rings. The number of aryl methyl sites for hydroxylation is 1. The minimum Gasteiger partial charge on any atom is -0.135 e. The molecule has 0 aromatic heterocycles. The first-order chi connectivity index (χ1) is 13.8. The van der Waals surface area contributed by atoms with Crippen molar-refractivity contribution in [2.24, 2.45) is 0 Å². The lowest BCUT2D eigenvalue weighted by Crippen LogP contribution is -2.41. The molecule has 0 saturated heterocycles. The van der Waals surface area contributed by atoms with Crippen LogP contribution in [-0.4, -0.2) is 5.06 Å². The fraction of sp³-hybridized carbons (Fsp3) is 0.647. The van der Waals surface area contributed by atoms with Gasteiger partial charge >= 0.3 is 0 Å². The maximum absolute atomic E-state index is 13.6. The second-order valence-electron chi connectivity index (χ2n) is 5.05. The van der Waals surface area contributed by atoms with Crippen molar-refractivity contribution in [1.29, 1.82) is 0 Å². The normalized spacial score (nSPS) is 32.5. The molecule has 1 aromatic carbocycles. The van der Waals surface area contributed by atoms with Crippen molar-refractivity contribution in [3.8, 4) is 0 Å². The first-order valence-corrected chi connectivity index (χ1v) is 6.43. The van der Waals surface area contributed by atoms with Crippen LogP contribution < -0.4 is 0 Å². The third-order valence-corrected chi connectivity index (χ3v) is 3.54. The molecule has 0 spiro atoms. The zero-order valence-electron chi connectivity index (χ0n) is 22.9. The van der Waals surface area contributed by atoms with E-state index in [9.17, 15) is 5.21 Å². The van der Waals surface area contributed by atoms with Crippen molar-refractivity contribution in [1.82, 2.24) is 5.06 Å². The van der Waals surface area contributed by atoms with E-state index >= 15 is 0 Å². The molecule has 105 valence electrons. The summed E-state index contributed by atoms with van der Waals surface area (Å²) >= 11 is 0. The number of hydroxylamine groups is 2. The molecular formula is C17H26NO. The predicted octanol–water partition coefficient (Wildman–Crippen LogP) is 4.55. The van der Waals surface area contributed by atoms with Crippen LogP contribution >= 0.6 is 0 Å². The summed E-state index contributed by atoms with van der Waals surface area (Å²) in [5.41, 5.74) is -7.37. The van der Waals surface area contributed by atoms with E-state index < -0.39 is 54.7 Å². The third-order valence-electron chi connectivity index (χ3n) is 3.54. The number of hydrogen-bond acceptors (Lipinski definition) is 1. The van der Waals surface area contributed by atoms with Crippen molar-refractivity contribution >= 4 is 0 Å². The summed E-state index contributed by atoms with van der Waals surface area (Å²) in [5, 5.41) is 13.0. The van der Waals surface area contributed by atoms with Crippen molar-refractivity contribution in [3.05, 3.63) is 34.9 Å². The monoisotopic (exact) mass is 273 g/mol. The van der Waals surface area contributed by atoms with Gasteiger partial charge in [-0.15, -0.1) is 10.3 Å². The summed E-state index contributed by atoms with van der Waals surface area (Å²) in [5.74, 6) is 0. The molecule has 0 N–H and O–H groups in total. The Hall–Kier alpha value is -0.860. The van der Waals surface area contributed by atoms with Gasteiger partial charge in [-0.2, -0.15) is 0 Å². The smallest absolute Gasteiger partial charge is 0.0699 e. The first kappa shape index (κ1) is 5.50. The van der Waals surface area contributed by atoms with Crippen LogP contribution in [0.1, 0.15) is 86.7 Å². The van der Waals surface area contributed by atoms with Gasteiger partial charge in [0.05, 0.1) is 11.1 Å². The van der Waals surface area contributed by atoms with Crippen molar-refractivity contribution in [2.75, 3.05) is 0 Å². The summed E-state index contributed by atoms with van der Waals surface area (Å²) in [6, 6.07) is 3.72. The lowest BCUT2D eigenvalue weighted by atomic mass is 9.88. The lowest BCUT2D eigenvalue weighted by Gasteiger charge is -2.32. The summed E-state index contributed by atoms with van der Waals surface area (Å²) < 4.78 is 95.5. The number of rotatable bonds is 4. The number of fused-ring (bicyclic) bond motifs is 1. The molecule has 0 aliphatic carbocycles. The minimum atomic E-state index is -3.55. The van der Waals surface area contributed by atoms with Crippen LogP contribution in [0, 0.1) is 0 Å². The van der Waals surface area contributed by atoms with Crippen LogP contribution in [0.2, 0.25) is 0 Å². The van der Waals surface area contributed by atoms with Gasteiger partial charge in [-0.25, -0.2) is 0 Å². The van der Waals surface area contributed by atoms with Crippen LogP contribution in [0.15, 0.2) is 18.2 Å². The second kappa shape index (κ2) is 4.92. The average molecular weight is 273 g/mol. The molecule has 0 unspecified atom stereocenters. The Kier molecular flexibility index (Phi) is 1.42. The number of unbranched alkanes of at least 4 members (excludes halogenated alkanes) is 2. The highest BCUT2D eigenvalue weighted by molar-refractivity contribution is 5.44. The van der Waals surface area contributed by atoms with Crippen molar-refractivity contribution < 1.29 is 21.7 Å². The summed E-state index contributed by atoms with van der Waals surface area (Å²) in [6.07, 6.45) is 2.89. The van der Waals surface area contributed by atoms with Crippen LogP contribution in [-0.2, 0) is 22.7 Å². The molecule has 2 rings (SSSR count). The fourth-order valence-electron chi connectivity index (χ4n) is 2.41. The predicted molar refractivity (Wildman–Crippen MR) is 78.2 cm³/mol. The molecule has 19 heavy (non-hydrogen) atoms. The van der Waals surface area contributed by atoms with E-state index in [0.717, 1.165) is 18.9 Å². The average Bonchev–Trinajstić information content (AvgIpc) is 2.79. The van der Waals surface area contributed by atoms with Gasteiger partial charge in [0.1, 0.15) is 0 Å². The molecule has 0 amide bonds. The number of benzene rings is 1. The maximum Gasteiger partial charge on any atom is 0.0699 e. The van der Waals surface area contributed by atoms with Crippen LogP contribution in [0.3, 0.4) is 0 Å². The zero-order valence-corrected chi connectivity index (χ0v) is 10.9. The van der Waals surface area contributed by atoms with E-state index in [-0.39, 0.29) is 0 Å². The molecule has 0 atom stereocenters. The van der Waals surface area contributed by atoms with Crippen LogP contribution in [0.4, 0.5) is 0 Å². The van der Waals surface area contributed by atoms with Gasteiger partial charge in [0.25, 0.3) is 0 Å². The molecule has 1 radical (unpaired) electrons. The van der Waals surface area contributed by atoms with Gasteiger partial charge in [-0.3, -0.25) is 0 Å². The van der Waals surface area contributed by atoms with E-state index in [4.69, 9.17) is 16.4 Å². The molecule has 2 heteroatoms. The Bertz CT molecular complexity index is 777. The van der Waals surface area contributed by atoms with Crippen LogP contribution in [0.25, 0.3) is 0 Å². The highest BCUT2D eigenvalue weighted by Gasteiger charge is 2.49. The molecule has 0 bridgehead atoms. The van der Waals surface area contributed by atoms with Gasteiger partial charge in [0, 0.05) is 16.4 Å². The highest BCUT2D eigenvalue weighted by Crippen LogP contribution is 2.48. The van der Waals surface area contributed by atoms with E-state index in [1.54, 1.807) is 0 Å². The number of hydrogen-bond donors (Lipinski definition) is 0. The Morgan fingerprint density at radius 2 is 1.79 bits per heavy atom. The Labute approximate surface area is 134 Å². The Morgan fingerprint density at radius 1 is 1.11 bits per heavy atom. The van der Waals surface area contributed by atoms with E-state index in [1.807, 2.05) is 6.92 Å². The summed E-state index contributed by atoms with van der Waals surface area (Å²) in [6.45, 7) is -12.2. The van der Waals surface area contributed by atoms with Crippen molar-refractivity contribution in [2.45, 2.75) is 71.1 Å². The number of nitrogens with zero attached hydrogens (tertiary/aromatic N) is 1. The molecular weight excluding hydrogens is 235 g/mol. The topological polar surface area (TPSA) is 23.1 Å². The molecule has 0 saturated carbocycles. The molecule has 1 aliphatic rings. The molecule has 1 aliphatic heterocycles. The molecule has 1 heterocycles. The summed E-state index contributed by atoms with van der Waals surface area (Å²) in [4.78, 5) is 0.